The molecule has 4 heteroatoms. The minimum atomic E-state index is -0.00392. The minimum Gasteiger partial charge on any atom is -0.352 e. The van der Waals surface area contributed by atoms with Crippen LogP contribution in [-0.4, -0.2) is 18.3 Å². The third kappa shape index (κ3) is 3.98. The molecular formula is C16H21BrClNO. The lowest BCUT2D eigenvalue weighted by Gasteiger charge is -2.30. The van der Waals surface area contributed by atoms with Gasteiger partial charge in [0, 0.05) is 16.9 Å². The second-order valence-electron chi connectivity index (χ2n) is 5.65. The lowest BCUT2D eigenvalue weighted by molar-refractivity contribution is 0.0936. The standard InChI is InChI=1S/C16H21BrClNO/c1-11-6-7-14(15(17)8-11)16(20)19-10-13-5-3-2-4-12(13)9-18/h6-8,12-13H,2-5,9-10H2,1H3,(H,19,20). The van der Waals surface area contributed by atoms with Crippen molar-refractivity contribution in [3.63, 3.8) is 0 Å². The average molecular weight is 359 g/mol. The largest absolute Gasteiger partial charge is 0.352 e. The maximum absolute atomic E-state index is 12.2. The summed E-state index contributed by atoms with van der Waals surface area (Å²) in [5, 5.41) is 3.07. The van der Waals surface area contributed by atoms with Gasteiger partial charge in [0.25, 0.3) is 5.91 Å². The number of aryl methyl sites for hydroxylation is 1. The molecule has 0 heterocycles. The summed E-state index contributed by atoms with van der Waals surface area (Å²) in [6, 6.07) is 5.80. The summed E-state index contributed by atoms with van der Waals surface area (Å²) in [4.78, 5) is 12.2. The van der Waals surface area contributed by atoms with Crippen molar-refractivity contribution in [3.8, 4) is 0 Å². The van der Waals surface area contributed by atoms with Crippen LogP contribution >= 0.6 is 27.5 Å². The highest BCUT2D eigenvalue weighted by Gasteiger charge is 2.24. The molecule has 20 heavy (non-hydrogen) atoms. The summed E-state index contributed by atoms with van der Waals surface area (Å²) >= 11 is 9.49. The fraction of sp³-hybridized carbons (Fsp3) is 0.562. The zero-order valence-electron chi connectivity index (χ0n) is 11.8. The number of hydrogen-bond acceptors (Lipinski definition) is 1. The van der Waals surface area contributed by atoms with Gasteiger partial charge in [-0.05, 0) is 65.2 Å². The molecule has 1 amide bonds. The normalized spacial score (nSPS) is 22.6. The van der Waals surface area contributed by atoms with Crippen LogP contribution in [0.5, 0.6) is 0 Å². The molecule has 2 nitrogen and oxygen atoms in total. The van der Waals surface area contributed by atoms with Gasteiger partial charge in [-0.1, -0.05) is 18.9 Å². The van der Waals surface area contributed by atoms with Crippen molar-refractivity contribution < 1.29 is 4.79 Å². The Hall–Kier alpha value is -0.540. The predicted octanol–water partition coefficient (Wildman–Crippen LogP) is 4.53. The molecule has 0 aromatic heterocycles. The number of amides is 1. The Morgan fingerprint density at radius 3 is 2.70 bits per heavy atom. The van der Waals surface area contributed by atoms with Crippen LogP contribution < -0.4 is 5.32 Å². The molecule has 2 unspecified atom stereocenters. The number of carbonyl (C=O) groups is 1. The van der Waals surface area contributed by atoms with Crippen molar-refractivity contribution >= 4 is 33.4 Å². The number of alkyl halides is 1. The van der Waals surface area contributed by atoms with Gasteiger partial charge in [0.2, 0.25) is 0 Å². The number of carbonyl (C=O) groups excluding carboxylic acids is 1. The SMILES string of the molecule is Cc1ccc(C(=O)NCC2CCCCC2CCl)c(Br)c1. The van der Waals surface area contributed by atoms with Gasteiger partial charge in [-0.15, -0.1) is 11.6 Å². The van der Waals surface area contributed by atoms with E-state index in [1.165, 1.54) is 25.7 Å². The second kappa shape index (κ2) is 7.46. The average Bonchev–Trinajstić information content (AvgIpc) is 2.45. The fourth-order valence-electron chi connectivity index (χ4n) is 2.88. The topological polar surface area (TPSA) is 29.1 Å². The predicted molar refractivity (Wildman–Crippen MR) is 87.4 cm³/mol. The number of rotatable bonds is 4. The molecule has 0 spiro atoms. The van der Waals surface area contributed by atoms with Gasteiger partial charge in [-0.25, -0.2) is 0 Å². The Morgan fingerprint density at radius 1 is 1.35 bits per heavy atom. The number of hydrogen-bond donors (Lipinski definition) is 1. The quantitative estimate of drug-likeness (QED) is 0.787. The first kappa shape index (κ1) is 15.8. The summed E-state index contributed by atoms with van der Waals surface area (Å²) in [6.45, 7) is 2.75. The van der Waals surface area contributed by atoms with Gasteiger partial charge in [0.05, 0.1) is 5.56 Å². The molecule has 1 saturated carbocycles. The van der Waals surface area contributed by atoms with Gasteiger partial charge in [-0.2, -0.15) is 0 Å². The van der Waals surface area contributed by atoms with E-state index in [1.54, 1.807) is 0 Å². The summed E-state index contributed by atoms with van der Waals surface area (Å²) in [5.74, 6) is 1.77. The maximum Gasteiger partial charge on any atom is 0.252 e. The Labute approximate surface area is 134 Å². The molecule has 1 fully saturated rings. The van der Waals surface area contributed by atoms with Gasteiger partial charge < -0.3 is 5.32 Å². The van der Waals surface area contributed by atoms with Gasteiger partial charge >= 0.3 is 0 Å². The molecule has 0 radical (unpaired) electrons. The third-order valence-electron chi connectivity index (χ3n) is 4.16. The molecule has 1 aromatic rings. The molecule has 1 N–H and O–H groups in total. The van der Waals surface area contributed by atoms with E-state index in [-0.39, 0.29) is 5.91 Å². The monoisotopic (exact) mass is 357 g/mol. The highest BCUT2D eigenvalue weighted by atomic mass is 79.9. The van der Waals surface area contributed by atoms with E-state index in [4.69, 9.17) is 11.6 Å². The van der Waals surface area contributed by atoms with Crippen molar-refractivity contribution in [2.24, 2.45) is 11.8 Å². The van der Waals surface area contributed by atoms with Crippen LogP contribution in [0.2, 0.25) is 0 Å². The minimum absolute atomic E-state index is 0.00392. The van der Waals surface area contributed by atoms with E-state index in [0.29, 0.717) is 23.3 Å². The van der Waals surface area contributed by atoms with Crippen LogP contribution in [0.4, 0.5) is 0 Å². The van der Waals surface area contributed by atoms with Crippen molar-refractivity contribution in [1.29, 1.82) is 0 Å². The van der Waals surface area contributed by atoms with E-state index in [1.807, 2.05) is 25.1 Å². The highest BCUT2D eigenvalue weighted by molar-refractivity contribution is 9.10. The number of halogens is 2. The van der Waals surface area contributed by atoms with E-state index < -0.39 is 0 Å². The Balaban J connectivity index is 1.94. The lowest BCUT2D eigenvalue weighted by Crippen LogP contribution is -2.35. The fourth-order valence-corrected chi connectivity index (χ4v) is 3.96. The van der Waals surface area contributed by atoms with Crippen LogP contribution in [-0.2, 0) is 0 Å². The van der Waals surface area contributed by atoms with Crippen molar-refractivity contribution in [1.82, 2.24) is 5.32 Å². The van der Waals surface area contributed by atoms with Crippen LogP contribution in [0.1, 0.15) is 41.6 Å². The van der Waals surface area contributed by atoms with Crippen LogP contribution in [0.15, 0.2) is 22.7 Å². The van der Waals surface area contributed by atoms with Crippen LogP contribution in [0.3, 0.4) is 0 Å². The zero-order valence-corrected chi connectivity index (χ0v) is 14.1. The molecule has 2 atom stereocenters. The van der Waals surface area contributed by atoms with Crippen molar-refractivity contribution in [2.45, 2.75) is 32.6 Å². The summed E-state index contributed by atoms with van der Waals surface area (Å²) in [6.07, 6.45) is 4.89. The zero-order chi connectivity index (χ0) is 14.5. The third-order valence-corrected chi connectivity index (χ3v) is 5.21. The van der Waals surface area contributed by atoms with Crippen LogP contribution in [0, 0.1) is 18.8 Å². The van der Waals surface area contributed by atoms with Crippen LogP contribution in [0.25, 0.3) is 0 Å². The molecule has 0 bridgehead atoms. The first-order valence-corrected chi connectivity index (χ1v) is 8.55. The summed E-state index contributed by atoms with van der Waals surface area (Å²) in [7, 11) is 0. The van der Waals surface area contributed by atoms with Gasteiger partial charge in [0.15, 0.2) is 0 Å². The van der Waals surface area contributed by atoms with Gasteiger partial charge in [-0.3, -0.25) is 4.79 Å². The summed E-state index contributed by atoms with van der Waals surface area (Å²) in [5.41, 5.74) is 1.84. The van der Waals surface area contributed by atoms with E-state index in [0.717, 1.165) is 16.6 Å². The molecule has 1 aliphatic rings. The molecule has 0 saturated heterocycles. The first-order chi connectivity index (χ1) is 9.61. The second-order valence-corrected chi connectivity index (χ2v) is 6.82. The molecular weight excluding hydrogens is 338 g/mol. The Morgan fingerprint density at radius 2 is 2.05 bits per heavy atom. The molecule has 110 valence electrons. The van der Waals surface area contributed by atoms with Gasteiger partial charge in [0.1, 0.15) is 0 Å². The lowest BCUT2D eigenvalue weighted by atomic mass is 9.80. The number of benzene rings is 1. The Bertz CT molecular complexity index is 478. The van der Waals surface area contributed by atoms with Crippen molar-refractivity contribution in [3.05, 3.63) is 33.8 Å². The van der Waals surface area contributed by atoms with Crippen molar-refractivity contribution in [2.75, 3.05) is 12.4 Å². The first-order valence-electron chi connectivity index (χ1n) is 7.22. The van der Waals surface area contributed by atoms with E-state index in [2.05, 4.69) is 21.2 Å². The molecule has 2 rings (SSSR count). The molecule has 1 aromatic carbocycles. The molecule has 0 aliphatic heterocycles. The highest BCUT2D eigenvalue weighted by Crippen LogP contribution is 2.30. The van der Waals surface area contributed by atoms with E-state index >= 15 is 0 Å². The van der Waals surface area contributed by atoms with E-state index in [9.17, 15) is 4.79 Å². The molecule has 1 aliphatic carbocycles. The maximum atomic E-state index is 12.2. The Kier molecular flexibility index (Phi) is 5.91. The number of nitrogens with one attached hydrogen (secondary N) is 1. The smallest absolute Gasteiger partial charge is 0.252 e. The summed E-state index contributed by atoms with van der Waals surface area (Å²) < 4.78 is 0.854.